The maximum absolute atomic E-state index is 4.45. The molecule has 0 amide bonds. The van der Waals surface area contributed by atoms with Crippen LogP contribution >= 0.6 is 0 Å². The highest BCUT2D eigenvalue weighted by Gasteiger charge is 2.10. The van der Waals surface area contributed by atoms with Crippen LogP contribution in [-0.2, 0) is 6.42 Å². The zero-order valence-electron chi connectivity index (χ0n) is 11.8. The second kappa shape index (κ2) is 6.70. The van der Waals surface area contributed by atoms with Gasteiger partial charge in [0, 0.05) is 11.4 Å². The van der Waals surface area contributed by atoms with Gasteiger partial charge in [0.1, 0.15) is 5.82 Å². The number of hydrogen-bond acceptors (Lipinski definition) is 3. The Bertz CT molecular complexity index is 337. The van der Waals surface area contributed by atoms with E-state index in [1.54, 1.807) is 0 Å². The van der Waals surface area contributed by atoms with Gasteiger partial charge in [0.15, 0.2) is 0 Å². The highest BCUT2D eigenvalue weighted by Crippen LogP contribution is 2.15. The number of nitrogens with zero attached hydrogens (tertiary/aromatic N) is 2. The molecule has 0 saturated carbocycles. The van der Waals surface area contributed by atoms with E-state index in [-0.39, 0.29) is 0 Å². The summed E-state index contributed by atoms with van der Waals surface area (Å²) in [5.41, 5.74) is 3.59. The monoisotopic (exact) mass is 235 g/mol. The zero-order chi connectivity index (χ0) is 12.8. The summed E-state index contributed by atoms with van der Waals surface area (Å²) < 4.78 is 0. The van der Waals surface area contributed by atoms with Crippen molar-refractivity contribution < 1.29 is 0 Å². The highest BCUT2D eigenvalue weighted by atomic mass is 14.9. The van der Waals surface area contributed by atoms with Crippen molar-refractivity contribution in [1.82, 2.24) is 15.3 Å². The molecule has 0 radical (unpaired) electrons. The van der Waals surface area contributed by atoms with Gasteiger partial charge in [-0.2, -0.15) is 0 Å². The summed E-state index contributed by atoms with van der Waals surface area (Å²) in [6.45, 7) is 12.8. The van der Waals surface area contributed by atoms with Gasteiger partial charge in [0.25, 0.3) is 0 Å². The molecular weight excluding hydrogens is 210 g/mol. The van der Waals surface area contributed by atoms with Gasteiger partial charge in [-0.1, -0.05) is 13.8 Å². The van der Waals surface area contributed by atoms with E-state index in [1.165, 1.54) is 12.0 Å². The van der Waals surface area contributed by atoms with E-state index in [0.29, 0.717) is 5.92 Å². The Hall–Kier alpha value is -0.960. The van der Waals surface area contributed by atoms with Gasteiger partial charge >= 0.3 is 0 Å². The predicted octanol–water partition coefficient (Wildman–Crippen LogP) is 2.58. The van der Waals surface area contributed by atoms with Crippen LogP contribution < -0.4 is 5.32 Å². The lowest BCUT2D eigenvalue weighted by Gasteiger charge is -2.15. The summed E-state index contributed by atoms with van der Waals surface area (Å²) in [5.74, 6) is 1.51. The smallest absolute Gasteiger partial charge is 0.125 e. The summed E-state index contributed by atoms with van der Waals surface area (Å²) in [6, 6.07) is 0. The maximum Gasteiger partial charge on any atom is 0.125 e. The molecule has 0 aromatic carbocycles. The molecule has 1 aromatic rings. The van der Waals surface area contributed by atoms with Gasteiger partial charge in [-0.15, -0.1) is 0 Å². The van der Waals surface area contributed by atoms with E-state index < -0.39 is 0 Å². The summed E-state index contributed by atoms with van der Waals surface area (Å²) >= 11 is 0. The quantitative estimate of drug-likeness (QED) is 0.770. The minimum Gasteiger partial charge on any atom is -0.316 e. The van der Waals surface area contributed by atoms with Crippen molar-refractivity contribution in [2.45, 2.75) is 47.5 Å². The molecule has 1 N–H and O–H groups in total. The maximum atomic E-state index is 4.45. The second-order valence-corrected chi connectivity index (χ2v) is 4.93. The lowest BCUT2D eigenvalue weighted by atomic mass is 9.98. The van der Waals surface area contributed by atoms with Crippen LogP contribution in [0.4, 0.5) is 0 Å². The first-order valence-electron chi connectivity index (χ1n) is 6.56. The fraction of sp³-hybridized carbons (Fsp3) is 0.714. The molecule has 0 aliphatic carbocycles. The Morgan fingerprint density at radius 1 is 1.12 bits per heavy atom. The van der Waals surface area contributed by atoms with Gasteiger partial charge in [-0.05, 0) is 58.2 Å². The van der Waals surface area contributed by atoms with Gasteiger partial charge in [-0.25, -0.2) is 9.97 Å². The molecule has 3 heteroatoms. The van der Waals surface area contributed by atoms with Crippen LogP contribution in [0.1, 0.15) is 43.0 Å². The van der Waals surface area contributed by atoms with E-state index in [0.717, 1.165) is 36.7 Å². The molecule has 0 fully saturated rings. The Kier molecular flexibility index (Phi) is 5.56. The molecule has 17 heavy (non-hydrogen) atoms. The first kappa shape index (κ1) is 14.1. The predicted molar refractivity (Wildman–Crippen MR) is 72.3 cm³/mol. The normalized spacial score (nSPS) is 12.8. The standard InChI is InChI=1S/C14H25N3/c1-6-7-15-9-10(2)8-14-11(3)16-13(5)17-12(14)4/h10,15H,6-9H2,1-5H3. The zero-order valence-corrected chi connectivity index (χ0v) is 11.8. The van der Waals surface area contributed by atoms with Gasteiger partial charge < -0.3 is 5.32 Å². The third kappa shape index (κ3) is 4.43. The first-order chi connectivity index (χ1) is 8.04. The third-order valence-corrected chi connectivity index (χ3v) is 3.00. The Balaban J connectivity index is 2.61. The fourth-order valence-electron chi connectivity index (χ4n) is 2.15. The lowest BCUT2D eigenvalue weighted by molar-refractivity contribution is 0.507. The van der Waals surface area contributed by atoms with E-state index >= 15 is 0 Å². The Labute approximate surface area is 105 Å². The van der Waals surface area contributed by atoms with Crippen LogP contribution in [0.25, 0.3) is 0 Å². The molecule has 0 aliphatic heterocycles. The van der Waals surface area contributed by atoms with Gasteiger partial charge in [0.2, 0.25) is 0 Å². The van der Waals surface area contributed by atoms with Crippen LogP contribution in [0.2, 0.25) is 0 Å². The highest BCUT2D eigenvalue weighted by molar-refractivity contribution is 5.24. The summed E-state index contributed by atoms with van der Waals surface area (Å²) in [6.07, 6.45) is 2.26. The van der Waals surface area contributed by atoms with Crippen molar-refractivity contribution in [3.63, 3.8) is 0 Å². The van der Waals surface area contributed by atoms with E-state index in [1.807, 2.05) is 6.92 Å². The third-order valence-electron chi connectivity index (χ3n) is 3.00. The molecule has 0 spiro atoms. The molecular formula is C14H25N3. The number of aromatic nitrogens is 2. The van der Waals surface area contributed by atoms with Gasteiger partial charge in [-0.3, -0.25) is 0 Å². The van der Waals surface area contributed by atoms with Crippen LogP contribution in [0.5, 0.6) is 0 Å². The molecule has 3 nitrogen and oxygen atoms in total. The molecule has 0 aliphatic rings. The summed E-state index contributed by atoms with van der Waals surface area (Å²) in [5, 5.41) is 3.46. The van der Waals surface area contributed by atoms with Crippen LogP contribution in [0, 0.1) is 26.7 Å². The van der Waals surface area contributed by atoms with E-state index in [2.05, 4.69) is 43.0 Å². The van der Waals surface area contributed by atoms with Crippen molar-refractivity contribution in [2.75, 3.05) is 13.1 Å². The van der Waals surface area contributed by atoms with Crippen LogP contribution in [0.3, 0.4) is 0 Å². The van der Waals surface area contributed by atoms with Crippen LogP contribution in [0.15, 0.2) is 0 Å². The van der Waals surface area contributed by atoms with Crippen molar-refractivity contribution in [3.8, 4) is 0 Å². The van der Waals surface area contributed by atoms with E-state index in [9.17, 15) is 0 Å². The topological polar surface area (TPSA) is 37.8 Å². The number of nitrogens with one attached hydrogen (secondary N) is 1. The van der Waals surface area contributed by atoms with Crippen LogP contribution in [-0.4, -0.2) is 23.1 Å². The summed E-state index contributed by atoms with van der Waals surface area (Å²) in [7, 11) is 0. The molecule has 1 unspecified atom stereocenters. The fourth-order valence-corrected chi connectivity index (χ4v) is 2.15. The molecule has 0 bridgehead atoms. The minimum atomic E-state index is 0.630. The molecule has 1 aromatic heterocycles. The first-order valence-corrected chi connectivity index (χ1v) is 6.56. The van der Waals surface area contributed by atoms with E-state index in [4.69, 9.17) is 0 Å². The average Bonchev–Trinajstić information content (AvgIpc) is 2.24. The minimum absolute atomic E-state index is 0.630. The summed E-state index contributed by atoms with van der Waals surface area (Å²) in [4.78, 5) is 8.90. The van der Waals surface area contributed by atoms with Crippen molar-refractivity contribution >= 4 is 0 Å². The van der Waals surface area contributed by atoms with Gasteiger partial charge in [0.05, 0.1) is 0 Å². The van der Waals surface area contributed by atoms with Crippen molar-refractivity contribution in [1.29, 1.82) is 0 Å². The largest absolute Gasteiger partial charge is 0.316 e. The van der Waals surface area contributed by atoms with Crippen molar-refractivity contribution in [3.05, 3.63) is 22.8 Å². The number of aryl methyl sites for hydroxylation is 3. The molecule has 1 rings (SSSR count). The average molecular weight is 235 g/mol. The van der Waals surface area contributed by atoms with Crippen molar-refractivity contribution in [2.24, 2.45) is 5.92 Å². The molecule has 1 heterocycles. The molecule has 0 saturated heterocycles. The Morgan fingerprint density at radius 3 is 2.24 bits per heavy atom. The second-order valence-electron chi connectivity index (χ2n) is 4.93. The SMILES string of the molecule is CCCNCC(C)Cc1c(C)nc(C)nc1C. The number of hydrogen-bond donors (Lipinski definition) is 1. The Morgan fingerprint density at radius 2 is 1.71 bits per heavy atom. The molecule has 96 valence electrons. The lowest BCUT2D eigenvalue weighted by Crippen LogP contribution is -2.23. The molecule has 1 atom stereocenters. The number of rotatable bonds is 6.